The standard InChI is InChI=1S/C20H19ClFN3O/c1-26-18-10-5-13(21)12-17(18)19-16-4-2-3-11-23-20(16)25(24-19)15-8-6-14(22)7-9-15/h5-10,12,23H,2-4,11H2,1H3. The third-order valence-corrected chi connectivity index (χ3v) is 4.85. The van der Waals surface area contributed by atoms with E-state index in [1.165, 1.54) is 12.1 Å². The molecule has 0 aliphatic carbocycles. The maximum Gasteiger partial charge on any atom is 0.133 e. The Kier molecular flexibility index (Phi) is 4.55. The van der Waals surface area contributed by atoms with Crippen molar-refractivity contribution in [3.05, 3.63) is 58.9 Å². The molecule has 2 heterocycles. The van der Waals surface area contributed by atoms with Gasteiger partial charge >= 0.3 is 0 Å². The number of anilines is 1. The molecule has 4 nitrogen and oxygen atoms in total. The number of methoxy groups -OCH3 is 1. The number of nitrogens with one attached hydrogen (secondary N) is 1. The van der Waals surface area contributed by atoms with Crippen molar-refractivity contribution in [3.63, 3.8) is 0 Å². The maximum atomic E-state index is 13.3. The summed E-state index contributed by atoms with van der Waals surface area (Å²) in [5, 5.41) is 8.96. The van der Waals surface area contributed by atoms with Crippen molar-refractivity contribution >= 4 is 17.4 Å². The van der Waals surface area contributed by atoms with Crippen molar-refractivity contribution in [2.75, 3.05) is 19.0 Å². The molecule has 0 radical (unpaired) electrons. The Labute approximate surface area is 156 Å². The summed E-state index contributed by atoms with van der Waals surface area (Å²) in [6.45, 7) is 0.881. The summed E-state index contributed by atoms with van der Waals surface area (Å²) < 4.78 is 20.7. The predicted octanol–water partition coefficient (Wildman–Crippen LogP) is 5.09. The number of halogens is 2. The average molecular weight is 372 g/mol. The lowest BCUT2D eigenvalue weighted by Gasteiger charge is -2.09. The van der Waals surface area contributed by atoms with Gasteiger partial charge in [-0.25, -0.2) is 9.07 Å². The van der Waals surface area contributed by atoms with Crippen molar-refractivity contribution in [3.8, 4) is 22.7 Å². The fourth-order valence-corrected chi connectivity index (χ4v) is 3.53. The fraction of sp³-hybridized carbons (Fsp3) is 0.250. The molecule has 1 aliphatic heterocycles. The van der Waals surface area contributed by atoms with Crippen molar-refractivity contribution in [2.45, 2.75) is 19.3 Å². The first-order chi connectivity index (χ1) is 12.7. The molecule has 0 spiro atoms. The zero-order valence-corrected chi connectivity index (χ0v) is 15.2. The SMILES string of the molecule is COc1ccc(Cl)cc1-c1nn(-c2ccc(F)cc2)c2c1CCCCN2. The Morgan fingerprint density at radius 3 is 2.73 bits per heavy atom. The van der Waals surface area contributed by atoms with Gasteiger partial charge in [0.05, 0.1) is 12.8 Å². The number of fused-ring (bicyclic) bond motifs is 1. The second-order valence-corrected chi connectivity index (χ2v) is 6.73. The van der Waals surface area contributed by atoms with Crippen LogP contribution >= 0.6 is 11.6 Å². The van der Waals surface area contributed by atoms with Crippen molar-refractivity contribution in [1.82, 2.24) is 9.78 Å². The molecule has 1 aromatic heterocycles. The van der Waals surface area contributed by atoms with E-state index in [2.05, 4.69) is 5.32 Å². The van der Waals surface area contributed by atoms with Gasteiger partial charge in [-0.1, -0.05) is 11.6 Å². The summed E-state index contributed by atoms with van der Waals surface area (Å²) >= 11 is 6.23. The first-order valence-electron chi connectivity index (χ1n) is 8.63. The number of nitrogens with zero attached hydrogens (tertiary/aromatic N) is 2. The molecule has 0 saturated heterocycles. The molecule has 1 aliphatic rings. The molecule has 0 atom stereocenters. The Morgan fingerprint density at radius 2 is 1.96 bits per heavy atom. The van der Waals surface area contributed by atoms with Crippen molar-refractivity contribution in [1.29, 1.82) is 0 Å². The number of aromatic nitrogens is 2. The molecule has 26 heavy (non-hydrogen) atoms. The van der Waals surface area contributed by atoms with E-state index in [9.17, 15) is 4.39 Å². The van der Waals surface area contributed by atoms with Gasteiger partial charge in [0, 0.05) is 22.7 Å². The lowest BCUT2D eigenvalue weighted by molar-refractivity contribution is 0.416. The summed E-state index contributed by atoms with van der Waals surface area (Å²) in [6, 6.07) is 11.9. The van der Waals surface area contributed by atoms with Gasteiger partial charge in [0.1, 0.15) is 23.1 Å². The molecule has 134 valence electrons. The minimum absolute atomic E-state index is 0.267. The van der Waals surface area contributed by atoms with E-state index in [-0.39, 0.29) is 5.82 Å². The van der Waals surface area contributed by atoms with Crippen LogP contribution in [0.15, 0.2) is 42.5 Å². The van der Waals surface area contributed by atoms with Crippen LogP contribution in [0.5, 0.6) is 5.75 Å². The third-order valence-electron chi connectivity index (χ3n) is 4.62. The highest BCUT2D eigenvalue weighted by atomic mass is 35.5. The summed E-state index contributed by atoms with van der Waals surface area (Å²) in [4.78, 5) is 0. The highest BCUT2D eigenvalue weighted by Crippen LogP contribution is 2.39. The summed E-state index contributed by atoms with van der Waals surface area (Å²) in [5.74, 6) is 1.41. The van der Waals surface area contributed by atoms with Gasteiger partial charge in [0.15, 0.2) is 0 Å². The summed E-state index contributed by atoms with van der Waals surface area (Å²) in [6.07, 6.45) is 3.07. The highest BCUT2D eigenvalue weighted by molar-refractivity contribution is 6.31. The minimum Gasteiger partial charge on any atom is -0.496 e. The smallest absolute Gasteiger partial charge is 0.133 e. The molecule has 6 heteroatoms. The van der Waals surface area contributed by atoms with Gasteiger partial charge in [0.2, 0.25) is 0 Å². The number of hydrogen-bond acceptors (Lipinski definition) is 3. The first-order valence-corrected chi connectivity index (χ1v) is 9.01. The summed E-state index contributed by atoms with van der Waals surface area (Å²) in [7, 11) is 1.64. The molecular weight excluding hydrogens is 353 g/mol. The van der Waals surface area contributed by atoms with Crippen molar-refractivity contribution in [2.24, 2.45) is 0 Å². The van der Waals surface area contributed by atoms with Gasteiger partial charge < -0.3 is 10.1 Å². The second-order valence-electron chi connectivity index (χ2n) is 6.29. The van der Waals surface area contributed by atoms with Gasteiger partial charge in [-0.15, -0.1) is 0 Å². The lowest BCUT2D eigenvalue weighted by atomic mass is 10.0. The Morgan fingerprint density at radius 1 is 1.15 bits per heavy atom. The average Bonchev–Trinajstić information content (AvgIpc) is 2.84. The monoisotopic (exact) mass is 371 g/mol. The van der Waals surface area contributed by atoms with Crippen LogP contribution in [0.2, 0.25) is 5.02 Å². The predicted molar refractivity (Wildman–Crippen MR) is 102 cm³/mol. The fourth-order valence-electron chi connectivity index (χ4n) is 3.35. The highest BCUT2D eigenvalue weighted by Gasteiger charge is 2.23. The largest absolute Gasteiger partial charge is 0.496 e. The number of benzene rings is 2. The van der Waals surface area contributed by atoms with E-state index in [0.717, 1.165) is 59.9 Å². The molecule has 4 rings (SSSR count). The van der Waals surface area contributed by atoms with Crippen LogP contribution in [0.4, 0.5) is 10.2 Å². The molecule has 2 aromatic carbocycles. The number of ether oxygens (including phenoxy) is 1. The van der Waals surface area contributed by atoms with E-state index in [1.54, 1.807) is 25.3 Å². The second kappa shape index (κ2) is 7.00. The Hall–Kier alpha value is -2.53. The molecule has 0 unspecified atom stereocenters. The number of hydrogen-bond donors (Lipinski definition) is 1. The van der Waals surface area contributed by atoms with Crippen molar-refractivity contribution < 1.29 is 9.13 Å². The molecule has 0 fully saturated rings. The zero-order chi connectivity index (χ0) is 18.1. The van der Waals surface area contributed by atoms with Crippen LogP contribution in [-0.2, 0) is 6.42 Å². The van der Waals surface area contributed by atoms with Crippen LogP contribution in [0, 0.1) is 5.82 Å². The Balaban J connectivity index is 1.93. The van der Waals surface area contributed by atoms with Gasteiger partial charge in [-0.2, -0.15) is 5.10 Å². The van der Waals surface area contributed by atoms with E-state index < -0.39 is 0 Å². The lowest BCUT2D eigenvalue weighted by Crippen LogP contribution is -2.07. The van der Waals surface area contributed by atoms with Gasteiger partial charge in [-0.05, 0) is 61.7 Å². The maximum absolute atomic E-state index is 13.3. The molecular formula is C20H19ClFN3O. The topological polar surface area (TPSA) is 39.1 Å². The first kappa shape index (κ1) is 16.9. The molecule has 0 saturated carbocycles. The van der Waals surface area contributed by atoms with Crippen LogP contribution in [0.25, 0.3) is 16.9 Å². The minimum atomic E-state index is -0.267. The van der Waals surface area contributed by atoms with Crippen LogP contribution in [0.1, 0.15) is 18.4 Å². The molecule has 0 bridgehead atoms. The van der Waals surface area contributed by atoms with Crippen LogP contribution < -0.4 is 10.1 Å². The normalized spacial score (nSPS) is 13.7. The molecule has 3 aromatic rings. The van der Waals surface area contributed by atoms with Crippen LogP contribution in [0.3, 0.4) is 0 Å². The van der Waals surface area contributed by atoms with Crippen LogP contribution in [-0.4, -0.2) is 23.4 Å². The van der Waals surface area contributed by atoms with E-state index in [1.807, 2.05) is 16.8 Å². The van der Waals surface area contributed by atoms with Gasteiger partial charge in [0.25, 0.3) is 0 Å². The number of rotatable bonds is 3. The van der Waals surface area contributed by atoms with E-state index in [4.69, 9.17) is 21.4 Å². The molecule has 1 N–H and O–H groups in total. The quantitative estimate of drug-likeness (QED) is 0.697. The Bertz CT molecular complexity index is 937. The van der Waals surface area contributed by atoms with E-state index in [0.29, 0.717) is 5.02 Å². The third kappa shape index (κ3) is 3.03. The van der Waals surface area contributed by atoms with Gasteiger partial charge in [-0.3, -0.25) is 0 Å². The summed E-state index contributed by atoms with van der Waals surface area (Å²) in [5.41, 5.74) is 3.65. The van der Waals surface area contributed by atoms with E-state index >= 15 is 0 Å². The zero-order valence-electron chi connectivity index (χ0n) is 14.4. The molecule has 0 amide bonds.